The Balaban J connectivity index is 0.000000190. The van der Waals surface area contributed by atoms with Gasteiger partial charge < -0.3 is 28.8 Å². The molecule has 2 radical (unpaired) electrons. The van der Waals surface area contributed by atoms with Crippen LogP contribution in [0.25, 0.3) is 65.3 Å². The standard InChI is InChI=1S/C41H28O4.C36H36O2P2.2Y/c42-34-21-17-26-9-1-5-13-30(26)38(34)40-32-15-7-3-11-28(32)19-23-36(40)44-25-45-37-24-20-29-12-4-8-16-33(29)41(37)39-31-14-6-2-10-27(31)18-22-35(39)43;1-27-28(2)35(25-39(37,31-17-9-5-10-18-31)32-19-11-6-12-20-32)30(4)36(29(27)3)26-40(38,33-21-13-7-14-22-33)34-23-15-8-16-24-34;;/h1-24,42-43H,25H2;5-24H,25-26H2,1-4H3;;. The SMILES string of the molecule is Cc1c(C)c(CP(=O)(c2ccccc2)c2ccccc2)c(C)c(CP(=O)(c2ccccc2)c2ccccc2)c1C.Oc1ccc2ccccc2c1-c1c(OCOc2ccc3ccccc3c2-c2c(O)ccc3ccccc23)ccc2ccccc12.[Y].[Y]. The van der Waals surface area contributed by atoms with Gasteiger partial charge in [-0.05, 0) is 128 Å². The van der Waals surface area contributed by atoms with Crippen molar-refractivity contribution in [3.8, 4) is 45.3 Å². The summed E-state index contributed by atoms with van der Waals surface area (Å²) in [5, 5.41) is 33.8. The fraction of sp³-hybridized carbons (Fsp3) is 0.0909. The molecule has 0 aromatic heterocycles. The van der Waals surface area contributed by atoms with Gasteiger partial charge >= 0.3 is 0 Å². The van der Waals surface area contributed by atoms with Crippen molar-refractivity contribution in [2.45, 2.75) is 40.0 Å². The van der Waals surface area contributed by atoms with Gasteiger partial charge in [-0.1, -0.05) is 243 Å². The third kappa shape index (κ3) is 12.5. The van der Waals surface area contributed by atoms with Crippen LogP contribution in [-0.2, 0) is 86.9 Å². The summed E-state index contributed by atoms with van der Waals surface area (Å²) in [5.74, 6) is 1.55. The third-order valence-corrected chi connectivity index (χ3v) is 23.0. The fourth-order valence-electron chi connectivity index (χ4n) is 12.2. The quantitative estimate of drug-likeness (QED) is 0.0832. The molecule has 6 nitrogen and oxygen atoms in total. The first-order valence-electron chi connectivity index (χ1n) is 28.6. The summed E-state index contributed by atoms with van der Waals surface area (Å²) in [7, 11) is -5.98. The van der Waals surface area contributed by atoms with E-state index in [2.05, 4.69) is 39.8 Å². The predicted molar refractivity (Wildman–Crippen MR) is 356 cm³/mol. The topological polar surface area (TPSA) is 93.1 Å². The number of phenols is 2. The summed E-state index contributed by atoms with van der Waals surface area (Å²) in [4.78, 5) is 0. The van der Waals surface area contributed by atoms with E-state index in [0.717, 1.165) is 92.1 Å². The number of phenolic OH excluding ortho intramolecular Hbond substituents is 2. The van der Waals surface area contributed by atoms with Crippen molar-refractivity contribution in [2.24, 2.45) is 0 Å². The van der Waals surface area contributed by atoms with Crippen LogP contribution < -0.4 is 30.7 Å². The van der Waals surface area contributed by atoms with Gasteiger partial charge in [0.15, 0.2) is 0 Å². The zero-order valence-electron chi connectivity index (χ0n) is 49.1. The van der Waals surface area contributed by atoms with Crippen molar-refractivity contribution in [1.29, 1.82) is 0 Å². The van der Waals surface area contributed by atoms with E-state index in [-0.39, 0.29) is 83.7 Å². The average molecular weight is 1330 g/mol. The number of hydrogen-bond acceptors (Lipinski definition) is 6. The summed E-state index contributed by atoms with van der Waals surface area (Å²) < 4.78 is 43.0. The molecule has 0 atom stereocenters. The Morgan fingerprint density at radius 3 is 0.874 bits per heavy atom. The first kappa shape index (κ1) is 62.8. The first-order valence-corrected chi connectivity index (χ1v) is 32.4. The maximum absolute atomic E-state index is 15.1. The number of benzene rings is 13. The second-order valence-electron chi connectivity index (χ2n) is 21.7. The van der Waals surface area contributed by atoms with Gasteiger partial charge in [-0.2, -0.15) is 0 Å². The molecule has 87 heavy (non-hydrogen) atoms. The number of ether oxygens (including phenoxy) is 2. The molecule has 0 bridgehead atoms. The van der Waals surface area contributed by atoms with Gasteiger partial charge in [-0.25, -0.2) is 0 Å². The molecule has 2 N–H and O–H groups in total. The van der Waals surface area contributed by atoms with Crippen molar-refractivity contribution in [2.75, 3.05) is 6.79 Å². The van der Waals surface area contributed by atoms with Crippen LogP contribution in [0.2, 0.25) is 0 Å². The molecule has 0 spiro atoms. The maximum Gasteiger partial charge on any atom is 0.230 e. The third-order valence-electron chi connectivity index (χ3n) is 16.9. The van der Waals surface area contributed by atoms with Gasteiger partial charge in [0.2, 0.25) is 6.79 Å². The Labute approximate surface area is 559 Å². The summed E-state index contributed by atoms with van der Waals surface area (Å²) in [6.07, 6.45) is 0.849. The molecule has 0 heterocycles. The van der Waals surface area contributed by atoms with E-state index in [4.69, 9.17) is 9.47 Å². The molecule has 0 saturated carbocycles. The molecule has 0 amide bonds. The molecule has 0 aliphatic rings. The zero-order chi connectivity index (χ0) is 58.7. The van der Waals surface area contributed by atoms with Gasteiger partial charge in [0.05, 0.1) is 0 Å². The van der Waals surface area contributed by atoms with E-state index < -0.39 is 14.3 Å². The Bertz CT molecular complexity index is 4330. The molecular formula is C77H64O6P2Y2. The molecule has 0 unspecified atom stereocenters. The van der Waals surface area contributed by atoms with Crippen LogP contribution in [0, 0.1) is 27.7 Å². The predicted octanol–water partition coefficient (Wildman–Crippen LogP) is 18.4. The number of fused-ring (bicyclic) bond motifs is 4. The van der Waals surface area contributed by atoms with Gasteiger partial charge in [-0.3, -0.25) is 0 Å². The van der Waals surface area contributed by atoms with Gasteiger partial charge in [0.25, 0.3) is 0 Å². The van der Waals surface area contributed by atoms with E-state index in [1.807, 2.05) is 243 Å². The molecule has 0 saturated heterocycles. The van der Waals surface area contributed by atoms with E-state index >= 15 is 9.13 Å². The second-order valence-corrected chi connectivity index (χ2v) is 27.3. The molecule has 0 fully saturated rings. The van der Waals surface area contributed by atoms with E-state index in [9.17, 15) is 10.2 Å². The smallest absolute Gasteiger partial charge is 0.230 e. The summed E-state index contributed by atoms with van der Waals surface area (Å²) >= 11 is 0. The molecule has 0 aliphatic carbocycles. The van der Waals surface area contributed by atoms with E-state index in [1.54, 1.807) is 12.1 Å². The van der Waals surface area contributed by atoms with Gasteiger partial charge in [0.1, 0.15) is 37.3 Å². The van der Waals surface area contributed by atoms with Crippen molar-refractivity contribution in [3.63, 3.8) is 0 Å². The van der Waals surface area contributed by atoms with Gasteiger partial charge in [-0.15, -0.1) is 0 Å². The normalized spacial score (nSPS) is 11.4. The molecule has 13 aromatic carbocycles. The largest absolute Gasteiger partial charge is 0.507 e. The average Bonchev–Trinajstić information content (AvgIpc) is 1.49. The number of rotatable bonds is 14. The Hall–Kier alpha value is -7.23. The first-order chi connectivity index (χ1) is 41.4. The Morgan fingerprint density at radius 2 is 0.563 bits per heavy atom. The van der Waals surface area contributed by atoms with Crippen LogP contribution in [-0.4, -0.2) is 17.0 Å². The molecule has 0 aliphatic heterocycles. The summed E-state index contributed by atoms with van der Waals surface area (Å²) in [6.45, 7) is 8.47. The minimum atomic E-state index is -2.99. The maximum atomic E-state index is 15.1. The van der Waals surface area contributed by atoms with Crippen molar-refractivity contribution in [3.05, 3.63) is 300 Å². The Morgan fingerprint density at radius 1 is 0.299 bits per heavy atom. The molecule has 13 rings (SSSR count). The van der Waals surface area contributed by atoms with Crippen LogP contribution >= 0.6 is 14.3 Å². The minimum Gasteiger partial charge on any atom is -0.507 e. The Kier molecular flexibility index (Phi) is 19.8. The second kappa shape index (κ2) is 27.4. The number of aromatic hydroxyl groups is 2. The van der Waals surface area contributed by atoms with E-state index in [0.29, 0.717) is 34.9 Å². The van der Waals surface area contributed by atoms with E-state index in [1.165, 1.54) is 16.7 Å². The van der Waals surface area contributed by atoms with Crippen LogP contribution in [0.5, 0.6) is 23.0 Å². The van der Waals surface area contributed by atoms with Crippen molar-refractivity contribution in [1.82, 2.24) is 0 Å². The van der Waals surface area contributed by atoms with Crippen LogP contribution in [0.4, 0.5) is 0 Å². The molecule has 10 heteroatoms. The summed E-state index contributed by atoms with van der Waals surface area (Å²) in [6, 6.07) is 86.9. The van der Waals surface area contributed by atoms with Crippen molar-refractivity contribution < 1.29 is 94.2 Å². The van der Waals surface area contributed by atoms with Crippen LogP contribution in [0.1, 0.15) is 33.4 Å². The fourth-order valence-corrected chi connectivity index (χ4v) is 18.0. The van der Waals surface area contributed by atoms with Crippen molar-refractivity contribution >= 4 is 78.6 Å². The minimum absolute atomic E-state index is 0. The number of hydrogen-bond donors (Lipinski definition) is 2. The summed E-state index contributed by atoms with van der Waals surface area (Å²) in [5.41, 5.74) is 9.84. The van der Waals surface area contributed by atoms with Crippen LogP contribution in [0.15, 0.2) is 267 Å². The zero-order valence-corrected chi connectivity index (χ0v) is 56.6. The molecular weight excluding hydrogens is 1260 g/mol. The van der Waals surface area contributed by atoms with Gasteiger partial charge in [0, 0.05) is 121 Å². The van der Waals surface area contributed by atoms with Crippen LogP contribution in [0.3, 0.4) is 0 Å². The molecule has 13 aromatic rings. The monoisotopic (exact) mass is 1320 g/mol. The molecule has 424 valence electrons.